The van der Waals surface area contributed by atoms with Crippen LogP contribution < -0.4 is 4.72 Å². The molecule has 0 radical (unpaired) electrons. The van der Waals surface area contributed by atoms with Gasteiger partial charge in [-0.05, 0) is 48.1 Å². The third-order valence-electron chi connectivity index (χ3n) is 3.55. The largest absolute Gasteiger partial charge is 0.241 e. The molecule has 1 aliphatic rings. The number of nitrogens with zero attached hydrogens (tertiary/aromatic N) is 1. The fourth-order valence-corrected chi connectivity index (χ4v) is 4.80. The predicted molar refractivity (Wildman–Crippen MR) is 86.0 cm³/mol. The lowest BCUT2D eigenvalue weighted by atomic mass is 10.1. The third kappa shape index (κ3) is 3.02. The lowest BCUT2D eigenvalue weighted by Gasteiger charge is -2.25. The zero-order chi connectivity index (χ0) is 15.6. The molecule has 1 aliphatic heterocycles. The van der Waals surface area contributed by atoms with Crippen LogP contribution in [0.25, 0.3) is 0 Å². The molecule has 0 saturated heterocycles. The molecule has 0 saturated carbocycles. The maximum atomic E-state index is 12.5. The molecule has 112 valence electrons. The molecule has 0 aliphatic carbocycles. The van der Waals surface area contributed by atoms with Gasteiger partial charge in [0.2, 0.25) is 10.0 Å². The Bertz CT molecular complexity index is 824. The Morgan fingerprint density at radius 3 is 2.59 bits per heavy atom. The van der Waals surface area contributed by atoms with E-state index in [9.17, 15) is 8.42 Å². The van der Waals surface area contributed by atoms with Crippen molar-refractivity contribution in [1.82, 2.24) is 4.72 Å². The van der Waals surface area contributed by atoms with Crippen LogP contribution in [0.4, 0.5) is 0 Å². The van der Waals surface area contributed by atoms with Crippen molar-refractivity contribution in [3.8, 4) is 6.07 Å². The molecule has 0 bridgehead atoms. The molecular weight excluding hydrogens is 316 g/mol. The summed E-state index contributed by atoms with van der Waals surface area (Å²) >= 11 is 1.75. The molecule has 2 aromatic carbocycles. The summed E-state index contributed by atoms with van der Waals surface area (Å²) < 4.78 is 27.8. The Hall–Kier alpha value is -1.81. The minimum Gasteiger partial charge on any atom is -0.207 e. The molecule has 0 spiro atoms. The summed E-state index contributed by atoms with van der Waals surface area (Å²) in [4.78, 5) is 1.31. The van der Waals surface area contributed by atoms with Gasteiger partial charge in [0.15, 0.2) is 0 Å². The highest BCUT2D eigenvalue weighted by molar-refractivity contribution is 7.99. The van der Waals surface area contributed by atoms with Crippen LogP contribution in [0.15, 0.2) is 58.3 Å². The van der Waals surface area contributed by atoms with Gasteiger partial charge < -0.3 is 0 Å². The number of rotatable bonds is 3. The second-order valence-electron chi connectivity index (χ2n) is 4.99. The summed E-state index contributed by atoms with van der Waals surface area (Å²) in [6, 6.07) is 15.6. The van der Waals surface area contributed by atoms with Crippen LogP contribution in [0.5, 0.6) is 0 Å². The lowest BCUT2D eigenvalue weighted by Crippen LogP contribution is -2.30. The van der Waals surface area contributed by atoms with Crippen molar-refractivity contribution in [2.45, 2.75) is 22.3 Å². The van der Waals surface area contributed by atoms with Gasteiger partial charge in [-0.2, -0.15) is 5.26 Å². The average Bonchev–Trinajstić information content (AvgIpc) is 2.55. The second kappa shape index (κ2) is 6.13. The van der Waals surface area contributed by atoms with Gasteiger partial charge in [0, 0.05) is 10.9 Å². The quantitative estimate of drug-likeness (QED) is 0.939. The highest BCUT2D eigenvalue weighted by Crippen LogP contribution is 2.36. The fourth-order valence-electron chi connectivity index (χ4n) is 2.43. The van der Waals surface area contributed by atoms with Crippen molar-refractivity contribution in [3.63, 3.8) is 0 Å². The Balaban J connectivity index is 1.87. The highest BCUT2D eigenvalue weighted by Gasteiger charge is 2.25. The van der Waals surface area contributed by atoms with E-state index in [1.165, 1.54) is 24.3 Å². The number of hydrogen-bond donors (Lipinski definition) is 1. The zero-order valence-corrected chi connectivity index (χ0v) is 13.3. The van der Waals surface area contributed by atoms with Crippen LogP contribution in [-0.4, -0.2) is 14.2 Å². The summed E-state index contributed by atoms with van der Waals surface area (Å²) in [7, 11) is -3.60. The highest BCUT2D eigenvalue weighted by atomic mass is 32.2. The van der Waals surface area contributed by atoms with E-state index in [2.05, 4.69) is 4.72 Å². The monoisotopic (exact) mass is 330 g/mol. The van der Waals surface area contributed by atoms with E-state index >= 15 is 0 Å². The fraction of sp³-hybridized carbons (Fsp3) is 0.188. The molecule has 0 amide bonds. The molecule has 0 aromatic heterocycles. The zero-order valence-electron chi connectivity index (χ0n) is 11.7. The Kier molecular flexibility index (Phi) is 4.21. The maximum absolute atomic E-state index is 12.5. The van der Waals surface area contributed by atoms with Crippen molar-refractivity contribution in [1.29, 1.82) is 5.26 Å². The SMILES string of the molecule is N#Cc1ccc(S(=O)(=O)N[C@@H]2CCSc3ccccc32)cc1. The van der Waals surface area contributed by atoms with E-state index in [-0.39, 0.29) is 10.9 Å². The summed E-state index contributed by atoms with van der Waals surface area (Å²) in [6.07, 6.45) is 0.761. The molecule has 0 unspecified atom stereocenters. The summed E-state index contributed by atoms with van der Waals surface area (Å²) in [5.41, 5.74) is 1.47. The average molecular weight is 330 g/mol. The van der Waals surface area contributed by atoms with Gasteiger partial charge in [0.1, 0.15) is 0 Å². The minimum atomic E-state index is -3.60. The predicted octanol–water partition coefficient (Wildman–Crippen LogP) is 3.07. The topological polar surface area (TPSA) is 70.0 Å². The van der Waals surface area contributed by atoms with Crippen LogP contribution >= 0.6 is 11.8 Å². The lowest BCUT2D eigenvalue weighted by molar-refractivity contribution is 0.546. The first kappa shape index (κ1) is 15.1. The molecular formula is C16H14N2O2S2. The molecule has 22 heavy (non-hydrogen) atoms. The number of nitriles is 1. The molecule has 2 aromatic rings. The van der Waals surface area contributed by atoms with Crippen molar-refractivity contribution in [2.75, 3.05) is 5.75 Å². The minimum absolute atomic E-state index is 0.183. The summed E-state index contributed by atoms with van der Waals surface area (Å²) in [6.45, 7) is 0. The van der Waals surface area contributed by atoms with Gasteiger partial charge in [-0.1, -0.05) is 18.2 Å². The normalized spacial score (nSPS) is 17.5. The van der Waals surface area contributed by atoms with Gasteiger partial charge in [0.25, 0.3) is 0 Å². The van der Waals surface area contributed by atoms with E-state index in [1.54, 1.807) is 11.8 Å². The first-order valence-corrected chi connectivity index (χ1v) is 9.31. The second-order valence-corrected chi connectivity index (χ2v) is 7.84. The van der Waals surface area contributed by atoms with Crippen LogP contribution in [0.3, 0.4) is 0 Å². The number of sulfonamides is 1. The van der Waals surface area contributed by atoms with Crippen molar-refractivity contribution in [2.24, 2.45) is 0 Å². The van der Waals surface area contributed by atoms with E-state index in [0.717, 1.165) is 22.6 Å². The number of thioether (sulfide) groups is 1. The molecule has 1 atom stereocenters. The Morgan fingerprint density at radius 1 is 1.14 bits per heavy atom. The van der Waals surface area contributed by atoms with Crippen molar-refractivity contribution < 1.29 is 8.42 Å². The third-order valence-corrected chi connectivity index (χ3v) is 6.16. The van der Waals surface area contributed by atoms with Gasteiger partial charge in [0.05, 0.1) is 16.5 Å². The Morgan fingerprint density at radius 2 is 1.86 bits per heavy atom. The van der Waals surface area contributed by atoms with Gasteiger partial charge in [-0.3, -0.25) is 0 Å². The molecule has 4 nitrogen and oxygen atoms in total. The molecule has 1 heterocycles. The van der Waals surface area contributed by atoms with Crippen LogP contribution in [0, 0.1) is 11.3 Å². The number of hydrogen-bond acceptors (Lipinski definition) is 4. The number of fused-ring (bicyclic) bond motifs is 1. The molecule has 6 heteroatoms. The summed E-state index contributed by atoms with van der Waals surface area (Å²) in [5.74, 6) is 0.886. The van der Waals surface area contributed by atoms with E-state index < -0.39 is 10.0 Å². The van der Waals surface area contributed by atoms with Crippen molar-refractivity contribution >= 4 is 21.8 Å². The smallest absolute Gasteiger partial charge is 0.207 e. The van der Waals surface area contributed by atoms with Crippen LogP contribution in [0.2, 0.25) is 0 Å². The Labute approximate surface area is 134 Å². The van der Waals surface area contributed by atoms with Crippen LogP contribution in [0.1, 0.15) is 23.6 Å². The van der Waals surface area contributed by atoms with Crippen molar-refractivity contribution in [3.05, 3.63) is 59.7 Å². The van der Waals surface area contributed by atoms with Crippen LogP contribution in [-0.2, 0) is 10.0 Å². The molecule has 3 rings (SSSR count). The first-order valence-electron chi connectivity index (χ1n) is 6.84. The van der Waals surface area contributed by atoms with Gasteiger partial charge in [-0.15, -0.1) is 11.8 Å². The van der Waals surface area contributed by atoms with Gasteiger partial charge in [-0.25, -0.2) is 13.1 Å². The van der Waals surface area contributed by atoms with E-state index in [4.69, 9.17) is 5.26 Å². The number of benzene rings is 2. The van der Waals surface area contributed by atoms with E-state index in [1.807, 2.05) is 30.3 Å². The van der Waals surface area contributed by atoms with Gasteiger partial charge >= 0.3 is 0 Å². The number of nitrogens with one attached hydrogen (secondary N) is 1. The maximum Gasteiger partial charge on any atom is 0.241 e. The van der Waals surface area contributed by atoms with E-state index in [0.29, 0.717) is 5.56 Å². The molecule has 1 N–H and O–H groups in total. The molecule has 0 fully saturated rings. The summed E-state index contributed by atoms with van der Waals surface area (Å²) in [5, 5.41) is 8.78. The first-order chi connectivity index (χ1) is 10.6. The standard InChI is InChI=1S/C16H14N2O2S2/c17-11-12-5-7-13(8-6-12)22(19,20)18-15-9-10-21-16-4-2-1-3-14(15)16/h1-8,15,18H,9-10H2/t15-/m1/s1.